The lowest BCUT2D eigenvalue weighted by molar-refractivity contribution is -0.131. The Hall–Kier alpha value is -1.81. The first-order valence-corrected chi connectivity index (χ1v) is 6.40. The monoisotopic (exact) mass is 261 g/mol. The van der Waals surface area contributed by atoms with Gasteiger partial charge in [-0.25, -0.2) is 4.79 Å². The first kappa shape index (κ1) is 13.6. The molecule has 1 aliphatic heterocycles. The third kappa shape index (κ3) is 3.35. The Balaban J connectivity index is 2.15. The molecule has 1 heterocycles. The molecular weight excluding hydrogens is 242 g/mol. The van der Waals surface area contributed by atoms with Crippen LogP contribution in [0.4, 0.5) is 5.69 Å². The van der Waals surface area contributed by atoms with Crippen molar-refractivity contribution in [3.63, 3.8) is 0 Å². The molecule has 4 nitrogen and oxygen atoms in total. The van der Waals surface area contributed by atoms with Crippen molar-refractivity contribution < 1.29 is 14.6 Å². The summed E-state index contributed by atoms with van der Waals surface area (Å²) in [6.07, 6.45) is 3.84. The smallest absolute Gasteiger partial charge is 0.328 e. The van der Waals surface area contributed by atoms with E-state index in [1.165, 1.54) is 0 Å². The summed E-state index contributed by atoms with van der Waals surface area (Å²) in [5.74, 6) is -0.927. The molecule has 19 heavy (non-hydrogen) atoms. The van der Waals surface area contributed by atoms with Crippen LogP contribution >= 0.6 is 0 Å². The summed E-state index contributed by atoms with van der Waals surface area (Å²) in [4.78, 5) is 12.8. The number of hydrogen-bond acceptors (Lipinski definition) is 3. The molecule has 0 spiro atoms. The van der Waals surface area contributed by atoms with Crippen molar-refractivity contribution in [2.45, 2.75) is 19.4 Å². The van der Waals surface area contributed by atoms with Gasteiger partial charge in [-0.2, -0.15) is 0 Å². The predicted molar refractivity (Wildman–Crippen MR) is 75.5 cm³/mol. The van der Waals surface area contributed by atoms with E-state index in [-0.39, 0.29) is 0 Å². The van der Waals surface area contributed by atoms with E-state index in [1.807, 2.05) is 19.1 Å². The standard InChI is InChI=1S/C15H19NO3/c1-11-9-13(16(2)14-7-8-19-10-14)5-3-12(11)4-6-15(17)18/h3-6,9,14H,7-8,10H2,1-2H3,(H,17,18)/b6-4+. The lowest BCUT2D eigenvalue weighted by Gasteiger charge is -2.26. The van der Waals surface area contributed by atoms with Gasteiger partial charge >= 0.3 is 5.97 Å². The number of carboxylic acids is 1. The van der Waals surface area contributed by atoms with Crippen LogP contribution < -0.4 is 4.90 Å². The molecule has 1 unspecified atom stereocenters. The normalized spacial score (nSPS) is 18.9. The number of likely N-dealkylation sites (N-methyl/N-ethyl adjacent to an activating group) is 1. The Morgan fingerprint density at radius 2 is 2.32 bits per heavy atom. The molecule has 1 aromatic carbocycles. The summed E-state index contributed by atoms with van der Waals surface area (Å²) in [6.45, 7) is 3.59. The van der Waals surface area contributed by atoms with Crippen molar-refractivity contribution in [1.29, 1.82) is 0 Å². The van der Waals surface area contributed by atoms with E-state index in [2.05, 4.69) is 18.0 Å². The van der Waals surface area contributed by atoms with E-state index in [0.717, 1.165) is 42.5 Å². The fourth-order valence-corrected chi connectivity index (χ4v) is 2.27. The van der Waals surface area contributed by atoms with E-state index in [0.29, 0.717) is 6.04 Å². The number of aryl methyl sites for hydroxylation is 1. The zero-order valence-corrected chi connectivity index (χ0v) is 11.3. The molecule has 0 amide bonds. The van der Waals surface area contributed by atoms with Crippen molar-refractivity contribution in [3.8, 4) is 0 Å². The Labute approximate surface area is 113 Å². The molecule has 1 fully saturated rings. The summed E-state index contributed by atoms with van der Waals surface area (Å²) in [7, 11) is 2.07. The number of hydrogen-bond donors (Lipinski definition) is 1. The average Bonchev–Trinajstić information content (AvgIpc) is 2.90. The minimum absolute atomic E-state index is 0.430. The number of anilines is 1. The van der Waals surface area contributed by atoms with Crippen LogP contribution in [0, 0.1) is 6.92 Å². The fourth-order valence-electron chi connectivity index (χ4n) is 2.27. The van der Waals surface area contributed by atoms with Gasteiger partial charge in [-0.3, -0.25) is 0 Å². The second kappa shape index (κ2) is 5.89. The van der Waals surface area contributed by atoms with Crippen molar-refractivity contribution in [2.24, 2.45) is 0 Å². The van der Waals surface area contributed by atoms with Crippen LogP contribution in [0.3, 0.4) is 0 Å². The van der Waals surface area contributed by atoms with Crippen LogP contribution in [0.5, 0.6) is 0 Å². The van der Waals surface area contributed by atoms with Gasteiger partial charge in [0.1, 0.15) is 0 Å². The summed E-state index contributed by atoms with van der Waals surface area (Å²) in [5.41, 5.74) is 3.14. The molecule has 2 rings (SSSR count). The van der Waals surface area contributed by atoms with Gasteiger partial charge in [-0.15, -0.1) is 0 Å². The number of benzene rings is 1. The van der Waals surface area contributed by atoms with Crippen molar-refractivity contribution in [1.82, 2.24) is 0 Å². The predicted octanol–water partition coefficient (Wildman–Crippen LogP) is 2.32. The van der Waals surface area contributed by atoms with Gasteiger partial charge in [0.2, 0.25) is 0 Å². The number of ether oxygens (including phenoxy) is 1. The molecule has 1 atom stereocenters. The lowest BCUT2D eigenvalue weighted by atomic mass is 10.1. The van der Waals surface area contributed by atoms with E-state index in [1.54, 1.807) is 6.08 Å². The molecule has 0 aliphatic carbocycles. The van der Waals surface area contributed by atoms with Crippen LogP contribution in [0.25, 0.3) is 6.08 Å². The first-order valence-electron chi connectivity index (χ1n) is 6.40. The Bertz CT molecular complexity index is 490. The van der Waals surface area contributed by atoms with Gasteiger partial charge < -0.3 is 14.7 Å². The number of nitrogens with zero attached hydrogens (tertiary/aromatic N) is 1. The zero-order valence-electron chi connectivity index (χ0n) is 11.3. The van der Waals surface area contributed by atoms with Crippen LogP contribution in [0.15, 0.2) is 24.3 Å². The van der Waals surface area contributed by atoms with Gasteiger partial charge in [0.25, 0.3) is 0 Å². The van der Waals surface area contributed by atoms with E-state index < -0.39 is 5.97 Å². The maximum atomic E-state index is 10.5. The van der Waals surface area contributed by atoms with Crippen LogP contribution in [-0.2, 0) is 9.53 Å². The van der Waals surface area contributed by atoms with Crippen LogP contribution in [-0.4, -0.2) is 37.4 Å². The highest BCUT2D eigenvalue weighted by molar-refractivity contribution is 5.85. The van der Waals surface area contributed by atoms with Crippen molar-refractivity contribution >= 4 is 17.7 Å². The average molecular weight is 261 g/mol. The molecule has 0 bridgehead atoms. The van der Waals surface area contributed by atoms with Gasteiger partial charge in [-0.05, 0) is 42.7 Å². The first-order chi connectivity index (χ1) is 9.08. The number of carbonyl (C=O) groups is 1. The van der Waals surface area contributed by atoms with E-state index >= 15 is 0 Å². The Kier molecular flexibility index (Phi) is 4.22. The molecule has 102 valence electrons. The molecule has 0 saturated carbocycles. The maximum absolute atomic E-state index is 10.5. The van der Waals surface area contributed by atoms with E-state index in [4.69, 9.17) is 9.84 Å². The fraction of sp³-hybridized carbons (Fsp3) is 0.400. The van der Waals surface area contributed by atoms with Crippen molar-refractivity contribution in [2.75, 3.05) is 25.2 Å². The molecule has 1 aliphatic rings. The van der Waals surface area contributed by atoms with Crippen LogP contribution in [0.2, 0.25) is 0 Å². The third-order valence-electron chi connectivity index (χ3n) is 3.52. The summed E-state index contributed by atoms with van der Waals surface area (Å²) in [6, 6.07) is 6.49. The SMILES string of the molecule is Cc1cc(N(C)C2CCOC2)ccc1/C=C/C(=O)O. The highest BCUT2D eigenvalue weighted by Gasteiger charge is 2.20. The highest BCUT2D eigenvalue weighted by atomic mass is 16.5. The van der Waals surface area contributed by atoms with Gasteiger partial charge in [0, 0.05) is 25.4 Å². The van der Waals surface area contributed by atoms with Crippen LogP contribution in [0.1, 0.15) is 17.5 Å². The summed E-state index contributed by atoms with van der Waals surface area (Å²) < 4.78 is 5.40. The minimum Gasteiger partial charge on any atom is -0.478 e. The Morgan fingerprint density at radius 1 is 1.53 bits per heavy atom. The molecule has 0 radical (unpaired) electrons. The van der Waals surface area contributed by atoms with Gasteiger partial charge in [-0.1, -0.05) is 6.07 Å². The minimum atomic E-state index is -0.927. The molecular formula is C15H19NO3. The Morgan fingerprint density at radius 3 is 2.89 bits per heavy atom. The molecule has 1 aromatic rings. The maximum Gasteiger partial charge on any atom is 0.328 e. The second-order valence-corrected chi connectivity index (χ2v) is 4.84. The molecule has 1 N–H and O–H groups in total. The van der Waals surface area contributed by atoms with Gasteiger partial charge in [0.05, 0.1) is 12.6 Å². The second-order valence-electron chi connectivity index (χ2n) is 4.84. The summed E-state index contributed by atoms with van der Waals surface area (Å²) in [5, 5.41) is 8.64. The summed E-state index contributed by atoms with van der Waals surface area (Å²) >= 11 is 0. The van der Waals surface area contributed by atoms with Crippen molar-refractivity contribution in [3.05, 3.63) is 35.4 Å². The zero-order chi connectivity index (χ0) is 13.8. The topological polar surface area (TPSA) is 49.8 Å². The number of aliphatic carboxylic acids is 1. The molecule has 4 heteroatoms. The quantitative estimate of drug-likeness (QED) is 0.845. The third-order valence-corrected chi connectivity index (χ3v) is 3.52. The molecule has 1 saturated heterocycles. The van der Waals surface area contributed by atoms with E-state index in [9.17, 15) is 4.79 Å². The number of rotatable bonds is 4. The highest BCUT2D eigenvalue weighted by Crippen LogP contribution is 2.23. The molecule has 0 aromatic heterocycles. The largest absolute Gasteiger partial charge is 0.478 e. The number of carboxylic acid groups (broad SMARTS) is 1. The lowest BCUT2D eigenvalue weighted by Crippen LogP contribution is -2.31. The van der Waals surface area contributed by atoms with Gasteiger partial charge in [0.15, 0.2) is 0 Å².